The summed E-state index contributed by atoms with van der Waals surface area (Å²) >= 11 is 0. The lowest BCUT2D eigenvalue weighted by Crippen LogP contribution is -2.20. The van der Waals surface area contributed by atoms with Crippen molar-refractivity contribution in [2.24, 2.45) is 0 Å². The molecule has 8 heteroatoms. The van der Waals surface area contributed by atoms with Crippen LogP contribution in [0, 0.1) is 0 Å². The molecule has 5 nitrogen and oxygen atoms in total. The van der Waals surface area contributed by atoms with Gasteiger partial charge in [-0.05, 0) is 37.6 Å². The van der Waals surface area contributed by atoms with Crippen LogP contribution in [-0.2, 0) is 6.18 Å². The van der Waals surface area contributed by atoms with Crippen LogP contribution in [-0.4, -0.2) is 30.2 Å². The first-order valence-corrected chi connectivity index (χ1v) is 7.75. The minimum absolute atomic E-state index is 0.0855. The van der Waals surface area contributed by atoms with Crippen molar-refractivity contribution in [2.75, 3.05) is 19.1 Å². The molecular weight excluding hydrogens is 335 g/mol. The van der Waals surface area contributed by atoms with Gasteiger partial charge >= 0.3 is 12.2 Å². The number of rotatable bonds is 6. The van der Waals surface area contributed by atoms with Gasteiger partial charge in [-0.1, -0.05) is 6.92 Å². The number of ether oxygens (including phenoxy) is 2. The molecule has 0 aliphatic heterocycles. The van der Waals surface area contributed by atoms with E-state index in [1.54, 1.807) is 31.2 Å². The monoisotopic (exact) mass is 355 g/mol. The number of halogens is 3. The third-order valence-electron chi connectivity index (χ3n) is 3.71. The number of alkyl halides is 3. The number of nitrogens with zero attached hydrogens (tertiary/aromatic N) is 3. The topological polar surface area (TPSA) is 47.5 Å². The third kappa shape index (κ3) is 4.52. The summed E-state index contributed by atoms with van der Waals surface area (Å²) in [5.41, 5.74) is -0.401. The summed E-state index contributed by atoms with van der Waals surface area (Å²) in [4.78, 5) is 9.03. The maximum absolute atomic E-state index is 13.3. The first kappa shape index (κ1) is 18.8. The maximum atomic E-state index is 13.3. The van der Waals surface area contributed by atoms with Crippen LogP contribution in [0.4, 0.5) is 24.7 Å². The van der Waals surface area contributed by atoms with Gasteiger partial charge in [-0.3, -0.25) is 0 Å². The zero-order chi connectivity index (χ0) is 18.6. The molecular formula is C17H20F3N3O2. The van der Waals surface area contributed by atoms with E-state index in [9.17, 15) is 13.2 Å². The molecule has 2 aromatic rings. The summed E-state index contributed by atoms with van der Waals surface area (Å²) in [6.07, 6.45) is -3.34. The molecule has 0 bridgehead atoms. The van der Waals surface area contributed by atoms with Gasteiger partial charge in [0.1, 0.15) is 11.3 Å². The summed E-state index contributed by atoms with van der Waals surface area (Å²) in [5.74, 6) is 0.336. The van der Waals surface area contributed by atoms with Crippen LogP contribution in [0.25, 0.3) is 0 Å². The second-order valence-corrected chi connectivity index (χ2v) is 5.48. The van der Waals surface area contributed by atoms with Gasteiger partial charge in [-0.25, -0.2) is 4.98 Å². The molecule has 2 rings (SSSR count). The highest BCUT2D eigenvalue weighted by Gasteiger charge is 2.36. The summed E-state index contributed by atoms with van der Waals surface area (Å²) in [6, 6.07) is 6.54. The molecule has 1 aromatic heterocycles. The fourth-order valence-electron chi connectivity index (χ4n) is 2.06. The van der Waals surface area contributed by atoms with Crippen molar-refractivity contribution < 1.29 is 22.6 Å². The van der Waals surface area contributed by atoms with Crippen LogP contribution in [0.1, 0.15) is 25.8 Å². The number of anilines is 2. The van der Waals surface area contributed by atoms with Gasteiger partial charge in [0.25, 0.3) is 0 Å². The second-order valence-electron chi connectivity index (χ2n) is 5.48. The van der Waals surface area contributed by atoms with Gasteiger partial charge in [0, 0.05) is 18.9 Å². The molecule has 1 atom stereocenters. The van der Waals surface area contributed by atoms with Gasteiger partial charge in [-0.2, -0.15) is 18.2 Å². The minimum Gasteiger partial charge on any atom is -0.497 e. The number of benzene rings is 1. The van der Waals surface area contributed by atoms with Crippen molar-refractivity contribution in [1.82, 2.24) is 9.97 Å². The summed E-state index contributed by atoms with van der Waals surface area (Å²) < 4.78 is 50.5. The normalized spacial score (nSPS) is 12.6. The van der Waals surface area contributed by atoms with Gasteiger partial charge in [-0.15, -0.1) is 0 Å². The number of aromatic nitrogens is 2. The standard InChI is InChI=1S/C17H20F3N3O2/c1-5-11(2)25-16-21-10-14(17(18,19)20)15(22-16)23(3)12-6-8-13(24-4)9-7-12/h6-11H,5H2,1-4H3. The highest BCUT2D eigenvalue weighted by atomic mass is 19.4. The second kappa shape index (κ2) is 7.58. The first-order chi connectivity index (χ1) is 11.8. The molecule has 136 valence electrons. The van der Waals surface area contributed by atoms with Gasteiger partial charge in [0.05, 0.1) is 13.2 Å². The molecule has 1 aromatic carbocycles. The molecule has 1 heterocycles. The molecule has 0 N–H and O–H groups in total. The lowest BCUT2D eigenvalue weighted by molar-refractivity contribution is -0.137. The predicted molar refractivity (Wildman–Crippen MR) is 88.5 cm³/mol. The molecule has 0 aliphatic rings. The van der Waals surface area contributed by atoms with E-state index in [0.29, 0.717) is 17.9 Å². The van der Waals surface area contributed by atoms with E-state index in [1.165, 1.54) is 19.1 Å². The number of hydrogen-bond acceptors (Lipinski definition) is 5. The SMILES string of the molecule is CCC(C)Oc1ncc(C(F)(F)F)c(N(C)c2ccc(OC)cc2)n1. The summed E-state index contributed by atoms with van der Waals surface area (Å²) in [6.45, 7) is 3.70. The van der Waals surface area contributed by atoms with E-state index in [2.05, 4.69) is 9.97 Å². The van der Waals surface area contributed by atoms with E-state index < -0.39 is 11.7 Å². The molecule has 0 saturated carbocycles. The largest absolute Gasteiger partial charge is 0.497 e. The van der Waals surface area contributed by atoms with Crippen molar-refractivity contribution in [1.29, 1.82) is 0 Å². The van der Waals surface area contributed by atoms with Crippen LogP contribution in [0.2, 0.25) is 0 Å². The Morgan fingerprint density at radius 1 is 1.20 bits per heavy atom. The number of hydrogen-bond donors (Lipinski definition) is 0. The zero-order valence-electron chi connectivity index (χ0n) is 14.5. The van der Waals surface area contributed by atoms with Gasteiger partial charge in [0.2, 0.25) is 0 Å². The fourth-order valence-corrected chi connectivity index (χ4v) is 2.06. The van der Waals surface area contributed by atoms with Gasteiger partial charge in [0.15, 0.2) is 5.82 Å². The van der Waals surface area contributed by atoms with E-state index in [0.717, 1.165) is 6.20 Å². The summed E-state index contributed by atoms with van der Waals surface area (Å²) in [5, 5.41) is 0. The Balaban J connectivity index is 2.44. The van der Waals surface area contributed by atoms with E-state index in [1.807, 2.05) is 6.92 Å². The molecule has 0 amide bonds. The lowest BCUT2D eigenvalue weighted by atomic mass is 10.2. The Bertz CT molecular complexity index is 705. The maximum Gasteiger partial charge on any atom is 0.421 e. The zero-order valence-corrected chi connectivity index (χ0v) is 14.5. The Labute approximate surface area is 144 Å². The molecule has 0 radical (unpaired) electrons. The van der Waals surface area contributed by atoms with Crippen molar-refractivity contribution in [3.63, 3.8) is 0 Å². The van der Waals surface area contributed by atoms with Gasteiger partial charge < -0.3 is 14.4 Å². The molecule has 0 spiro atoms. The molecule has 25 heavy (non-hydrogen) atoms. The van der Waals surface area contributed by atoms with Crippen LogP contribution in [0.3, 0.4) is 0 Å². The smallest absolute Gasteiger partial charge is 0.421 e. The molecule has 1 unspecified atom stereocenters. The molecule has 0 saturated heterocycles. The first-order valence-electron chi connectivity index (χ1n) is 7.75. The van der Waals surface area contributed by atoms with E-state index in [4.69, 9.17) is 9.47 Å². The van der Waals surface area contributed by atoms with Crippen LogP contribution in [0.15, 0.2) is 30.5 Å². The fraction of sp³-hybridized carbons (Fsp3) is 0.412. The average molecular weight is 355 g/mol. The molecule has 0 fully saturated rings. The molecule has 0 aliphatic carbocycles. The highest BCUT2D eigenvalue weighted by Crippen LogP contribution is 2.38. The lowest BCUT2D eigenvalue weighted by Gasteiger charge is -2.23. The Morgan fingerprint density at radius 3 is 2.36 bits per heavy atom. The highest BCUT2D eigenvalue weighted by molar-refractivity contribution is 5.63. The predicted octanol–water partition coefficient (Wildman–Crippen LogP) is 4.45. The minimum atomic E-state index is -4.58. The van der Waals surface area contributed by atoms with Crippen LogP contribution >= 0.6 is 0 Å². The Morgan fingerprint density at radius 2 is 1.84 bits per heavy atom. The van der Waals surface area contributed by atoms with Crippen LogP contribution in [0.5, 0.6) is 11.8 Å². The van der Waals surface area contributed by atoms with Crippen molar-refractivity contribution in [3.05, 3.63) is 36.0 Å². The Kier molecular flexibility index (Phi) is 5.71. The summed E-state index contributed by atoms with van der Waals surface area (Å²) in [7, 11) is 3.02. The van der Waals surface area contributed by atoms with E-state index in [-0.39, 0.29) is 17.9 Å². The van der Waals surface area contributed by atoms with Crippen LogP contribution < -0.4 is 14.4 Å². The van der Waals surface area contributed by atoms with Crippen molar-refractivity contribution in [2.45, 2.75) is 32.5 Å². The quantitative estimate of drug-likeness (QED) is 0.766. The van der Waals surface area contributed by atoms with E-state index >= 15 is 0 Å². The van der Waals surface area contributed by atoms with Crippen molar-refractivity contribution in [3.8, 4) is 11.8 Å². The number of methoxy groups -OCH3 is 1. The van der Waals surface area contributed by atoms with Crippen molar-refractivity contribution >= 4 is 11.5 Å². The third-order valence-corrected chi connectivity index (χ3v) is 3.71. The average Bonchev–Trinajstić information content (AvgIpc) is 2.60. The Hall–Kier alpha value is -2.51.